The van der Waals surface area contributed by atoms with Crippen LogP contribution in [0.1, 0.15) is 51.7 Å². The number of H-pyrrole nitrogens is 1. The highest BCUT2D eigenvalue weighted by molar-refractivity contribution is 5.95. The maximum Gasteiger partial charge on any atom is 0.196 e. The van der Waals surface area contributed by atoms with Crippen molar-refractivity contribution in [1.29, 1.82) is 0 Å². The molecule has 2 aromatic carbocycles. The summed E-state index contributed by atoms with van der Waals surface area (Å²) < 4.78 is 2.02. The first-order valence-electron chi connectivity index (χ1n) is 12.4. The molecule has 5 aromatic rings. The molecule has 0 unspecified atom stereocenters. The number of aromatic amines is 1. The molecule has 3 aromatic heterocycles. The summed E-state index contributed by atoms with van der Waals surface area (Å²) in [5.41, 5.74) is 8.34. The lowest BCUT2D eigenvalue weighted by Crippen LogP contribution is -2.24. The number of rotatable bonds is 4. The van der Waals surface area contributed by atoms with Crippen LogP contribution in [0, 0.1) is 0 Å². The third kappa shape index (κ3) is 4.15. The average Bonchev–Trinajstić information content (AvgIpc) is 3.20. The summed E-state index contributed by atoms with van der Waals surface area (Å²) >= 11 is 0. The van der Waals surface area contributed by atoms with Crippen LogP contribution in [-0.4, -0.2) is 19.5 Å². The van der Waals surface area contributed by atoms with Gasteiger partial charge in [-0.05, 0) is 52.8 Å². The van der Waals surface area contributed by atoms with Crippen LogP contribution in [0.4, 0.5) is 0 Å². The molecule has 0 radical (unpaired) electrons. The van der Waals surface area contributed by atoms with E-state index in [9.17, 15) is 4.79 Å². The standard InChI is InChI=1S/C31H32N4O/c1-19(2)20-14-21(16-22(15-20)26-11-7-8-13-33-26)23-10-9-12-27-28(23)34-30(35(27)6)24-17-32-18-25(29(24)36)31(3,4)5/h7-19H,1-6H3,(H,32,36). The minimum Gasteiger partial charge on any atom is -0.366 e. The van der Waals surface area contributed by atoms with E-state index in [-0.39, 0.29) is 10.8 Å². The Kier molecular flexibility index (Phi) is 5.87. The molecule has 0 aliphatic carbocycles. The Morgan fingerprint density at radius 2 is 1.69 bits per heavy atom. The Balaban J connectivity index is 1.73. The Bertz CT molecular complexity index is 1620. The Hall–Kier alpha value is -3.99. The summed E-state index contributed by atoms with van der Waals surface area (Å²) in [6.45, 7) is 10.6. The molecule has 0 aliphatic rings. The fraction of sp³-hybridized carbons (Fsp3) is 0.258. The number of aromatic nitrogens is 4. The monoisotopic (exact) mass is 476 g/mol. The first-order valence-corrected chi connectivity index (χ1v) is 12.4. The van der Waals surface area contributed by atoms with Gasteiger partial charge in [-0.3, -0.25) is 9.78 Å². The Morgan fingerprint density at radius 3 is 2.39 bits per heavy atom. The molecule has 36 heavy (non-hydrogen) atoms. The van der Waals surface area contributed by atoms with Gasteiger partial charge >= 0.3 is 0 Å². The van der Waals surface area contributed by atoms with Crippen molar-refractivity contribution < 1.29 is 0 Å². The predicted molar refractivity (Wildman–Crippen MR) is 148 cm³/mol. The fourth-order valence-corrected chi connectivity index (χ4v) is 4.72. The van der Waals surface area contributed by atoms with E-state index in [4.69, 9.17) is 4.98 Å². The number of fused-ring (bicyclic) bond motifs is 1. The number of nitrogens with zero attached hydrogens (tertiary/aromatic N) is 3. The summed E-state index contributed by atoms with van der Waals surface area (Å²) in [6.07, 6.45) is 5.39. The number of hydrogen-bond donors (Lipinski definition) is 1. The van der Waals surface area contributed by atoms with E-state index in [1.54, 1.807) is 12.4 Å². The number of para-hydroxylation sites is 1. The van der Waals surface area contributed by atoms with Gasteiger partial charge in [0.1, 0.15) is 5.82 Å². The van der Waals surface area contributed by atoms with Gasteiger partial charge in [-0.2, -0.15) is 0 Å². The number of hydrogen-bond acceptors (Lipinski definition) is 3. The zero-order valence-electron chi connectivity index (χ0n) is 21.8. The summed E-state index contributed by atoms with van der Waals surface area (Å²) in [7, 11) is 1.97. The molecule has 3 heterocycles. The predicted octanol–water partition coefficient (Wildman–Crippen LogP) is 7.08. The van der Waals surface area contributed by atoms with Crippen LogP contribution in [0.15, 0.2) is 78.0 Å². The number of aryl methyl sites for hydroxylation is 1. The average molecular weight is 477 g/mol. The van der Waals surface area contributed by atoms with Gasteiger partial charge in [0.15, 0.2) is 5.43 Å². The lowest BCUT2D eigenvalue weighted by atomic mass is 9.87. The third-order valence-corrected chi connectivity index (χ3v) is 6.80. The number of benzene rings is 2. The minimum absolute atomic E-state index is 0.0143. The van der Waals surface area contributed by atoms with Gasteiger partial charge in [0.2, 0.25) is 0 Å². The molecule has 0 fully saturated rings. The van der Waals surface area contributed by atoms with Crippen molar-refractivity contribution in [2.45, 2.75) is 46.0 Å². The van der Waals surface area contributed by atoms with E-state index in [0.717, 1.165) is 39.0 Å². The molecule has 0 saturated heterocycles. The van der Waals surface area contributed by atoms with Gasteiger partial charge in [-0.15, -0.1) is 0 Å². The molecule has 0 spiro atoms. The lowest BCUT2D eigenvalue weighted by molar-refractivity contribution is 0.583. The first kappa shape index (κ1) is 23.7. The van der Waals surface area contributed by atoms with Crippen LogP contribution < -0.4 is 5.43 Å². The van der Waals surface area contributed by atoms with Crippen molar-refractivity contribution in [2.24, 2.45) is 7.05 Å². The third-order valence-electron chi connectivity index (χ3n) is 6.80. The van der Waals surface area contributed by atoms with Crippen molar-refractivity contribution in [3.63, 3.8) is 0 Å². The van der Waals surface area contributed by atoms with E-state index in [1.807, 2.05) is 36.0 Å². The molecule has 5 heteroatoms. The first-order chi connectivity index (χ1) is 17.1. The van der Waals surface area contributed by atoms with Gasteiger partial charge in [0, 0.05) is 42.3 Å². The quantitative estimate of drug-likeness (QED) is 0.301. The second-order valence-corrected chi connectivity index (χ2v) is 10.7. The SMILES string of the molecule is CC(C)c1cc(-c2ccccn2)cc(-c2cccc3c2nc(-c2c[nH]cc(C(C)(C)C)c2=O)n3C)c1. The summed E-state index contributed by atoms with van der Waals surface area (Å²) in [5.74, 6) is 1.03. The van der Waals surface area contributed by atoms with Gasteiger partial charge < -0.3 is 9.55 Å². The highest BCUT2D eigenvalue weighted by atomic mass is 16.1. The minimum atomic E-state index is -0.265. The molecule has 5 rings (SSSR count). The topological polar surface area (TPSA) is 63.6 Å². The van der Waals surface area contributed by atoms with E-state index in [2.05, 4.69) is 81.0 Å². The molecule has 0 saturated carbocycles. The number of nitrogens with one attached hydrogen (secondary N) is 1. The van der Waals surface area contributed by atoms with E-state index >= 15 is 0 Å². The normalized spacial score (nSPS) is 12.0. The second-order valence-electron chi connectivity index (χ2n) is 10.7. The Labute approximate surface area is 211 Å². The van der Waals surface area contributed by atoms with Crippen LogP contribution in [0.2, 0.25) is 0 Å². The van der Waals surface area contributed by atoms with Gasteiger partial charge in [-0.1, -0.05) is 58.9 Å². The molecule has 5 nitrogen and oxygen atoms in total. The van der Waals surface area contributed by atoms with Crippen LogP contribution in [0.3, 0.4) is 0 Å². The van der Waals surface area contributed by atoms with E-state index in [1.165, 1.54) is 5.56 Å². The highest BCUT2D eigenvalue weighted by Gasteiger charge is 2.23. The van der Waals surface area contributed by atoms with E-state index < -0.39 is 0 Å². The molecule has 0 bridgehead atoms. The van der Waals surface area contributed by atoms with Crippen molar-refractivity contribution in [1.82, 2.24) is 19.5 Å². The molecule has 0 atom stereocenters. The van der Waals surface area contributed by atoms with Gasteiger partial charge in [0.25, 0.3) is 0 Å². The highest BCUT2D eigenvalue weighted by Crippen LogP contribution is 2.35. The lowest BCUT2D eigenvalue weighted by Gasteiger charge is -2.18. The molecular weight excluding hydrogens is 444 g/mol. The Morgan fingerprint density at radius 1 is 0.917 bits per heavy atom. The molecule has 182 valence electrons. The summed E-state index contributed by atoms with van der Waals surface area (Å²) in [6, 6.07) is 18.9. The fourth-order valence-electron chi connectivity index (χ4n) is 4.72. The zero-order chi connectivity index (χ0) is 25.6. The molecular formula is C31H32N4O. The summed E-state index contributed by atoms with van der Waals surface area (Å²) in [5, 5.41) is 0. The molecule has 1 N–H and O–H groups in total. The maximum absolute atomic E-state index is 13.4. The van der Waals surface area contributed by atoms with Gasteiger partial charge in [-0.25, -0.2) is 4.98 Å². The zero-order valence-corrected chi connectivity index (χ0v) is 21.8. The van der Waals surface area contributed by atoms with Gasteiger partial charge in [0.05, 0.1) is 22.3 Å². The molecule has 0 aliphatic heterocycles. The van der Waals surface area contributed by atoms with Crippen LogP contribution in [0.25, 0.3) is 44.8 Å². The smallest absolute Gasteiger partial charge is 0.196 e. The van der Waals surface area contributed by atoms with Crippen LogP contribution in [-0.2, 0) is 12.5 Å². The molecule has 0 amide bonds. The van der Waals surface area contributed by atoms with Crippen LogP contribution in [0.5, 0.6) is 0 Å². The number of imidazole rings is 1. The maximum atomic E-state index is 13.4. The number of pyridine rings is 2. The summed E-state index contributed by atoms with van der Waals surface area (Å²) in [4.78, 5) is 26.3. The van der Waals surface area contributed by atoms with Crippen LogP contribution >= 0.6 is 0 Å². The van der Waals surface area contributed by atoms with E-state index in [0.29, 0.717) is 17.3 Å². The van der Waals surface area contributed by atoms with Crippen molar-refractivity contribution in [3.05, 3.63) is 94.5 Å². The largest absolute Gasteiger partial charge is 0.366 e. The van der Waals surface area contributed by atoms with Crippen molar-refractivity contribution in [2.75, 3.05) is 0 Å². The second kappa shape index (κ2) is 8.90. The van der Waals surface area contributed by atoms with Crippen molar-refractivity contribution in [3.8, 4) is 33.8 Å². The van der Waals surface area contributed by atoms with Crippen molar-refractivity contribution >= 4 is 11.0 Å².